The molecule has 2 amide bonds. The van der Waals surface area contributed by atoms with E-state index in [1.807, 2.05) is 6.20 Å². The molecule has 0 aliphatic carbocycles. The Morgan fingerprint density at radius 1 is 1.50 bits per heavy atom. The summed E-state index contributed by atoms with van der Waals surface area (Å²) in [6, 6.07) is 0. The Hall–Kier alpha value is -1.12. The Balaban J connectivity index is 1.91. The third-order valence-electron chi connectivity index (χ3n) is 3.84. The highest BCUT2D eigenvalue weighted by molar-refractivity contribution is 8.26. The normalized spacial score (nSPS) is 22.0. The summed E-state index contributed by atoms with van der Waals surface area (Å²) < 4.78 is 5.60. The number of hydrogen-bond donors (Lipinski definition) is 1. The van der Waals surface area contributed by atoms with Crippen LogP contribution in [0.1, 0.15) is 19.3 Å². The van der Waals surface area contributed by atoms with E-state index in [4.69, 9.17) is 22.7 Å². The van der Waals surface area contributed by atoms with Crippen LogP contribution in [0.4, 0.5) is 0 Å². The maximum absolute atomic E-state index is 12.4. The van der Waals surface area contributed by atoms with Gasteiger partial charge in [-0.2, -0.15) is 0 Å². The standard InChI is InChI=1S/C14H21N3O3S2/c1-20-8-2-5-17-13(19)11(22-14(17)21)9-16-6-3-10(4-7-16)12(15)18/h9-10H,2-8H2,1H3,(H2,15,18)/b11-9-. The molecule has 2 aliphatic heterocycles. The van der Waals surface area contributed by atoms with Crippen LogP contribution >= 0.6 is 24.0 Å². The zero-order chi connectivity index (χ0) is 16.1. The van der Waals surface area contributed by atoms with E-state index in [1.54, 1.807) is 12.0 Å². The first kappa shape index (κ1) is 17.2. The molecule has 0 aromatic carbocycles. The number of methoxy groups -OCH3 is 1. The Bertz CT molecular complexity index is 488. The quantitative estimate of drug-likeness (QED) is 0.439. The molecule has 6 nitrogen and oxygen atoms in total. The SMILES string of the molecule is COCCCN1C(=O)/C(=C/N2CCC(C(N)=O)CC2)SC1=S. The molecule has 2 N–H and O–H groups in total. The molecule has 22 heavy (non-hydrogen) atoms. The molecular formula is C14H21N3O3S2. The Morgan fingerprint density at radius 3 is 2.77 bits per heavy atom. The van der Waals surface area contributed by atoms with Crippen LogP contribution in [0, 0.1) is 5.92 Å². The van der Waals surface area contributed by atoms with Crippen molar-refractivity contribution < 1.29 is 14.3 Å². The monoisotopic (exact) mass is 343 g/mol. The summed E-state index contributed by atoms with van der Waals surface area (Å²) in [5.74, 6) is -0.319. The van der Waals surface area contributed by atoms with E-state index in [1.165, 1.54) is 11.8 Å². The fourth-order valence-corrected chi connectivity index (χ4v) is 3.84. The molecular weight excluding hydrogens is 322 g/mol. The number of thiocarbonyl (C=S) groups is 1. The van der Waals surface area contributed by atoms with Gasteiger partial charge in [0.25, 0.3) is 5.91 Å². The maximum atomic E-state index is 12.4. The zero-order valence-electron chi connectivity index (χ0n) is 12.6. The van der Waals surface area contributed by atoms with Crippen LogP contribution in [0.3, 0.4) is 0 Å². The summed E-state index contributed by atoms with van der Waals surface area (Å²) in [7, 11) is 1.64. The van der Waals surface area contributed by atoms with Crippen LogP contribution < -0.4 is 5.73 Å². The van der Waals surface area contributed by atoms with Crippen LogP contribution in [0.15, 0.2) is 11.1 Å². The average Bonchev–Trinajstić information content (AvgIpc) is 2.75. The summed E-state index contributed by atoms with van der Waals surface area (Å²) >= 11 is 6.61. The number of hydrogen-bond acceptors (Lipinski definition) is 6. The second kappa shape index (κ2) is 7.94. The third kappa shape index (κ3) is 4.21. The molecule has 122 valence electrons. The van der Waals surface area contributed by atoms with Crippen molar-refractivity contribution in [1.82, 2.24) is 9.80 Å². The van der Waals surface area contributed by atoms with Crippen molar-refractivity contribution in [3.8, 4) is 0 Å². The fourth-order valence-electron chi connectivity index (χ4n) is 2.53. The number of carbonyl (C=O) groups is 2. The average molecular weight is 343 g/mol. The van der Waals surface area contributed by atoms with Gasteiger partial charge < -0.3 is 15.4 Å². The van der Waals surface area contributed by atoms with Gasteiger partial charge in [-0.1, -0.05) is 24.0 Å². The number of primary amides is 1. The van der Waals surface area contributed by atoms with Crippen molar-refractivity contribution in [2.24, 2.45) is 11.7 Å². The second-order valence-electron chi connectivity index (χ2n) is 5.38. The Labute approximate surface area is 140 Å². The summed E-state index contributed by atoms with van der Waals surface area (Å²) in [5.41, 5.74) is 5.33. The van der Waals surface area contributed by atoms with Crippen LogP contribution in [0.2, 0.25) is 0 Å². The zero-order valence-corrected chi connectivity index (χ0v) is 14.3. The second-order valence-corrected chi connectivity index (χ2v) is 7.05. The summed E-state index contributed by atoms with van der Waals surface area (Å²) in [5, 5.41) is 0. The number of amides is 2. The number of nitrogens with zero attached hydrogens (tertiary/aromatic N) is 2. The van der Waals surface area contributed by atoms with E-state index in [-0.39, 0.29) is 17.7 Å². The molecule has 2 heterocycles. The highest BCUT2D eigenvalue weighted by Crippen LogP contribution is 2.32. The van der Waals surface area contributed by atoms with Crippen molar-refractivity contribution >= 4 is 40.1 Å². The van der Waals surface area contributed by atoms with Crippen molar-refractivity contribution in [1.29, 1.82) is 0 Å². The number of thioether (sulfide) groups is 1. The molecule has 8 heteroatoms. The van der Waals surface area contributed by atoms with E-state index in [0.717, 1.165) is 32.4 Å². The van der Waals surface area contributed by atoms with Gasteiger partial charge in [0, 0.05) is 45.5 Å². The minimum atomic E-state index is -0.232. The highest BCUT2D eigenvalue weighted by atomic mass is 32.2. The van der Waals surface area contributed by atoms with Crippen molar-refractivity contribution in [3.05, 3.63) is 11.1 Å². The van der Waals surface area contributed by atoms with Gasteiger partial charge >= 0.3 is 0 Å². The van der Waals surface area contributed by atoms with Gasteiger partial charge in [0.1, 0.15) is 4.32 Å². The molecule has 0 spiro atoms. The van der Waals surface area contributed by atoms with Crippen molar-refractivity contribution in [3.63, 3.8) is 0 Å². The number of nitrogens with two attached hydrogens (primary N) is 1. The van der Waals surface area contributed by atoms with Gasteiger partial charge in [-0.05, 0) is 19.3 Å². The Kier molecular flexibility index (Phi) is 6.22. The van der Waals surface area contributed by atoms with Crippen LogP contribution in [0.5, 0.6) is 0 Å². The number of rotatable bonds is 6. The molecule has 0 saturated carbocycles. The van der Waals surface area contributed by atoms with Crippen LogP contribution in [-0.2, 0) is 14.3 Å². The van der Waals surface area contributed by atoms with Gasteiger partial charge in [0.05, 0.1) is 4.91 Å². The van der Waals surface area contributed by atoms with Gasteiger partial charge in [0.15, 0.2) is 0 Å². The smallest absolute Gasteiger partial charge is 0.267 e. The van der Waals surface area contributed by atoms with Crippen LogP contribution in [0.25, 0.3) is 0 Å². The van der Waals surface area contributed by atoms with Gasteiger partial charge in [0.2, 0.25) is 5.91 Å². The largest absolute Gasteiger partial charge is 0.385 e. The predicted octanol–water partition coefficient (Wildman–Crippen LogP) is 0.922. The van der Waals surface area contributed by atoms with E-state index in [0.29, 0.717) is 22.4 Å². The van der Waals surface area contributed by atoms with E-state index in [9.17, 15) is 9.59 Å². The van der Waals surface area contributed by atoms with Crippen LogP contribution in [-0.4, -0.2) is 59.3 Å². The fraction of sp³-hybridized carbons (Fsp3) is 0.643. The third-order valence-corrected chi connectivity index (χ3v) is 5.20. The molecule has 2 aliphatic rings. The molecule has 2 fully saturated rings. The molecule has 0 radical (unpaired) electrons. The van der Waals surface area contributed by atoms with Gasteiger partial charge in [-0.25, -0.2) is 0 Å². The summed E-state index contributed by atoms with van der Waals surface area (Å²) in [6.07, 6.45) is 4.10. The molecule has 0 aromatic rings. The first-order valence-electron chi connectivity index (χ1n) is 7.30. The van der Waals surface area contributed by atoms with Crippen molar-refractivity contribution in [2.75, 3.05) is 33.4 Å². The molecule has 0 unspecified atom stereocenters. The Morgan fingerprint density at radius 2 is 2.18 bits per heavy atom. The molecule has 0 atom stereocenters. The number of piperidine rings is 1. The lowest BCUT2D eigenvalue weighted by Gasteiger charge is -2.29. The molecule has 0 bridgehead atoms. The lowest BCUT2D eigenvalue weighted by atomic mass is 9.97. The first-order chi connectivity index (χ1) is 10.5. The minimum absolute atomic E-state index is 0.0388. The summed E-state index contributed by atoms with van der Waals surface area (Å²) in [6.45, 7) is 2.67. The van der Waals surface area contributed by atoms with E-state index < -0.39 is 0 Å². The highest BCUT2D eigenvalue weighted by Gasteiger charge is 2.32. The predicted molar refractivity (Wildman–Crippen MR) is 90.0 cm³/mol. The molecule has 0 aromatic heterocycles. The number of likely N-dealkylation sites (tertiary alicyclic amines) is 1. The van der Waals surface area contributed by atoms with E-state index in [2.05, 4.69) is 4.90 Å². The van der Waals surface area contributed by atoms with Gasteiger partial charge in [-0.3, -0.25) is 14.5 Å². The first-order valence-corrected chi connectivity index (χ1v) is 8.53. The van der Waals surface area contributed by atoms with Gasteiger partial charge in [-0.15, -0.1) is 0 Å². The van der Waals surface area contributed by atoms with E-state index >= 15 is 0 Å². The minimum Gasteiger partial charge on any atom is -0.385 e. The number of carbonyl (C=O) groups excluding carboxylic acids is 2. The maximum Gasteiger partial charge on any atom is 0.267 e. The topological polar surface area (TPSA) is 75.9 Å². The molecule has 2 rings (SSSR count). The van der Waals surface area contributed by atoms with Crippen molar-refractivity contribution in [2.45, 2.75) is 19.3 Å². The summed E-state index contributed by atoms with van der Waals surface area (Å²) in [4.78, 5) is 27.9. The molecule has 2 saturated heterocycles. The lowest BCUT2D eigenvalue weighted by molar-refractivity contribution is -0.123. The lowest BCUT2D eigenvalue weighted by Crippen LogP contribution is -2.36. The number of ether oxygens (including phenoxy) is 1.